The molecule has 1 aliphatic carbocycles. The van der Waals surface area contributed by atoms with E-state index in [4.69, 9.17) is 0 Å². The molecule has 1 saturated carbocycles. The van der Waals surface area contributed by atoms with E-state index in [2.05, 4.69) is 0 Å². The molecule has 4 rings (SSSR count). The van der Waals surface area contributed by atoms with Crippen molar-refractivity contribution in [2.45, 2.75) is 57.3 Å². The number of hydrogen-bond donors (Lipinski definition) is 0. The minimum absolute atomic E-state index is 0.0635. The van der Waals surface area contributed by atoms with Gasteiger partial charge in [0.05, 0.1) is 10.8 Å². The quantitative estimate of drug-likeness (QED) is 0.672. The molecular formula is C23H33N3O4S. The van der Waals surface area contributed by atoms with Gasteiger partial charge in [0.2, 0.25) is 21.8 Å². The number of anilines is 1. The lowest BCUT2D eigenvalue weighted by molar-refractivity contribution is -0.136. The number of carbonyl (C=O) groups is 2. The van der Waals surface area contributed by atoms with E-state index in [1.54, 1.807) is 18.2 Å². The van der Waals surface area contributed by atoms with Crippen LogP contribution in [0.5, 0.6) is 0 Å². The van der Waals surface area contributed by atoms with Gasteiger partial charge in [0, 0.05) is 44.3 Å². The number of benzene rings is 1. The number of likely N-dealkylation sites (tertiary alicyclic amines) is 1. The van der Waals surface area contributed by atoms with Crippen LogP contribution in [0.25, 0.3) is 0 Å². The predicted octanol–water partition coefficient (Wildman–Crippen LogP) is 2.64. The zero-order chi connectivity index (χ0) is 22.2. The maximum Gasteiger partial charge on any atom is 0.243 e. The van der Waals surface area contributed by atoms with Crippen LogP contribution >= 0.6 is 0 Å². The molecule has 2 heterocycles. The number of fused-ring (bicyclic) bond motifs is 1. The highest BCUT2D eigenvalue weighted by Crippen LogP contribution is 2.35. The van der Waals surface area contributed by atoms with E-state index in [1.807, 2.05) is 23.6 Å². The first-order valence-electron chi connectivity index (χ1n) is 11.6. The van der Waals surface area contributed by atoms with Gasteiger partial charge in [-0.1, -0.05) is 13.8 Å². The zero-order valence-electron chi connectivity index (χ0n) is 18.5. The lowest BCUT2D eigenvalue weighted by atomic mass is 9.93. The monoisotopic (exact) mass is 447 g/mol. The van der Waals surface area contributed by atoms with Crippen molar-refractivity contribution in [1.82, 2.24) is 9.21 Å². The third-order valence-corrected chi connectivity index (χ3v) is 8.83. The standard InChI is InChI=1S/C23H33N3O4S/c1-3-25(4-2)31(29,30)20-11-12-21-18(15-20)7-6-14-26(21)23(28)19-8-5-13-24(16-19)22(27)17-9-10-17/h11-12,15,17,19H,3-10,13-14,16H2,1-2H3. The molecule has 1 saturated heterocycles. The van der Waals surface area contributed by atoms with Gasteiger partial charge in [-0.3, -0.25) is 9.59 Å². The normalized spacial score (nSPS) is 21.8. The molecule has 7 nitrogen and oxygen atoms in total. The number of piperidine rings is 1. The van der Waals surface area contributed by atoms with Crippen LogP contribution in [0.3, 0.4) is 0 Å². The van der Waals surface area contributed by atoms with Crippen molar-refractivity contribution in [2.75, 3.05) is 37.6 Å². The van der Waals surface area contributed by atoms with Crippen LogP contribution in [0.1, 0.15) is 51.5 Å². The molecule has 1 unspecified atom stereocenters. The maximum absolute atomic E-state index is 13.4. The second-order valence-corrected chi connectivity index (χ2v) is 10.8. The number of rotatable bonds is 6. The van der Waals surface area contributed by atoms with E-state index in [9.17, 15) is 18.0 Å². The zero-order valence-corrected chi connectivity index (χ0v) is 19.4. The lowest BCUT2D eigenvalue weighted by Gasteiger charge is -2.37. The Balaban J connectivity index is 1.54. The Labute approximate surface area is 185 Å². The summed E-state index contributed by atoms with van der Waals surface area (Å²) in [5, 5.41) is 0. The van der Waals surface area contributed by atoms with Gasteiger partial charge in [-0.15, -0.1) is 0 Å². The van der Waals surface area contributed by atoms with E-state index in [0.717, 1.165) is 56.3 Å². The average Bonchev–Trinajstić information content (AvgIpc) is 3.63. The molecule has 0 N–H and O–H groups in total. The van der Waals surface area contributed by atoms with Gasteiger partial charge in [0.25, 0.3) is 0 Å². The fraction of sp³-hybridized carbons (Fsp3) is 0.652. The average molecular weight is 448 g/mol. The molecule has 1 aromatic carbocycles. The molecule has 2 aliphatic heterocycles. The van der Waals surface area contributed by atoms with Crippen LogP contribution in [0.4, 0.5) is 5.69 Å². The molecule has 31 heavy (non-hydrogen) atoms. The van der Waals surface area contributed by atoms with Crippen LogP contribution in [0.15, 0.2) is 23.1 Å². The maximum atomic E-state index is 13.4. The Hall–Kier alpha value is -1.93. The summed E-state index contributed by atoms with van der Waals surface area (Å²) in [6.45, 7) is 6.43. The highest BCUT2D eigenvalue weighted by Gasteiger charge is 2.38. The van der Waals surface area contributed by atoms with Crippen LogP contribution in [-0.4, -0.2) is 62.2 Å². The van der Waals surface area contributed by atoms with Gasteiger partial charge in [0.15, 0.2) is 0 Å². The van der Waals surface area contributed by atoms with E-state index in [0.29, 0.717) is 31.1 Å². The molecule has 170 valence electrons. The topological polar surface area (TPSA) is 78.0 Å². The Morgan fingerprint density at radius 1 is 1.00 bits per heavy atom. The van der Waals surface area contributed by atoms with Crippen LogP contribution < -0.4 is 4.90 Å². The Kier molecular flexibility index (Phi) is 6.40. The predicted molar refractivity (Wildman–Crippen MR) is 119 cm³/mol. The van der Waals surface area contributed by atoms with E-state index in [1.165, 1.54) is 4.31 Å². The van der Waals surface area contributed by atoms with E-state index in [-0.39, 0.29) is 23.7 Å². The fourth-order valence-corrected chi connectivity index (χ4v) is 6.37. The Morgan fingerprint density at radius 2 is 1.74 bits per heavy atom. The number of nitrogens with zero attached hydrogens (tertiary/aromatic N) is 3. The minimum atomic E-state index is -3.53. The van der Waals surface area contributed by atoms with Crippen molar-refractivity contribution in [2.24, 2.45) is 11.8 Å². The first-order chi connectivity index (χ1) is 14.9. The number of hydrogen-bond acceptors (Lipinski definition) is 4. The Bertz CT molecular complexity index is 954. The van der Waals surface area contributed by atoms with Gasteiger partial charge in [-0.25, -0.2) is 8.42 Å². The number of carbonyl (C=O) groups excluding carboxylic acids is 2. The van der Waals surface area contributed by atoms with E-state index >= 15 is 0 Å². The fourth-order valence-electron chi connectivity index (χ4n) is 4.86. The molecule has 1 atom stereocenters. The number of sulfonamides is 1. The summed E-state index contributed by atoms with van der Waals surface area (Å²) < 4.78 is 27.3. The van der Waals surface area contributed by atoms with Crippen molar-refractivity contribution in [3.05, 3.63) is 23.8 Å². The Morgan fingerprint density at radius 3 is 2.42 bits per heavy atom. The van der Waals surface area contributed by atoms with Crippen LogP contribution in [-0.2, 0) is 26.0 Å². The van der Waals surface area contributed by atoms with Crippen molar-refractivity contribution >= 4 is 27.5 Å². The second-order valence-electron chi connectivity index (χ2n) is 8.87. The van der Waals surface area contributed by atoms with Crippen LogP contribution in [0, 0.1) is 11.8 Å². The third-order valence-electron chi connectivity index (χ3n) is 6.79. The molecule has 0 spiro atoms. The van der Waals surface area contributed by atoms with Gasteiger partial charge in [-0.2, -0.15) is 4.31 Å². The SMILES string of the molecule is CCN(CC)S(=O)(=O)c1ccc2c(c1)CCCN2C(=O)C1CCCN(C(=O)C2CC2)C1. The summed E-state index contributed by atoms with van der Waals surface area (Å²) in [7, 11) is -3.53. The second kappa shape index (κ2) is 8.90. The van der Waals surface area contributed by atoms with Gasteiger partial charge < -0.3 is 9.80 Å². The van der Waals surface area contributed by atoms with Crippen molar-refractivity contribution in [3.8, 4) is 0 Å². The largest absolute Gasteiger partial charge is 0.342 e. The lowest BCUT2D eigenvalue weighted by Crippen LogP contribution is -2.48. The molecular weight excluding hydrogens is 414 g/mol. The van der Waals surface area contributed by atoms with Gasteiger partial charge in [-0.05, 0) is 62.3 Å². The molecule has 2 amide bonds. The number of aryl methyl sites for hydroxylation is 1. The van der Waals surface area contributed by atoms with Crippen molar-refractivity contribution in [1.29, 1.82) is 0 Å². The molecule has 1 aromatic rings. The summed E-state index contributed by atoms with van der Waals surface area (Å²) in [4.78, 5) is 29.9. The van der Waals surface area contributed by atoms with E-state index < -0.39 is 10.0 Å². The van der Waals surface area contributed by atoms with Gasteiger partial charge in [0.1, 0.15) is 0 Å². The molecule has 8 heteroatoms. The smallest absolute Gasteiger partial charge is 0.243 e. The minimum Gasteiger partial charge on any atom is -0.342 e. The van der Waals surface area contributed by atoms with Crippen LogP contribution in [0.2, 0.25) is 0 Å². The molecule has 0 bridgehead atoms. The highest BCUT2D eigenvalue weighted by molar-refractivity contribution is 7.89. The van der Waals surface area contributed by atoms with Crippen molar-refractivity contribution in [3.63, 3.8) is 0 Å². The highest BCUT2D eigenvalue weighted by atomic mass is 32.2. The first kappa shape index (κ1) is 22.3. The summed E-state index contributed by atoms with van der Waals surface area (Å²) in [6.07, 6.45) is 5.19. The summed E-state index contributed by atoms with van der Waals surface area (Å²) in [6, 6.07) is 5.16. The molecule has 3 aliphatic rings. The summed E-state index contributed by atoms with van der Waals surface area (Å²) >= 11 is 0. The third kappa shape index (κ3) is 4.37. The van der Waals surface area contributed by atoms with Crippen molar-refractivity contribution < 1.29 is 18.0 Å². The molecule has 0 aromatic heterocycles. The first-order valence-corrected chi connectivity index (χ1v) is 13.0. The summed E-state index contributed by atoms with van der Waals surface area (Å²) in [5.74, 6) is 0.272. The molecule has 2 fully saturated rings. The number of amides is 2. The summed E-state index contributed by atoms with van der Waals surface area (Å²) in [5.41, 5.74) is 1.73. The molecule has 0 radical (unpaired) electrons. The van der Waals surface area contributed by atoms with Gasteiger partial charge >= 0.3 is 0 Å².